The third-order valence-electron chi connectivity index (χ3n) is 4.08. The molecule has 0 spiro atoms. The number of carbonyl (C=O) groups is 1. The lowest BCUT2D eigenvalue weighted by molar-refractivity contribution is 0.153. The number of methoxy groups -OCH3 is 1. The number of nitrogens with one attached hydrogen (secondary N) is 2. The van der Waals surface area contributed by atoms with Gasteiger partial charge in [-0.25, -0.2) is 9.78 Å². The van der Waals surface area contributed by atoms with Gasteiger partial charge in [0.2, 0.25) is 0 Å². The average Bonchev–Trinajstić information content (AvgIpc) is 2.48. The van der Waals surface area contributed by atoms with Gasteiger partial charge in [0.25, 0.3) is 0 Å². The number of pyridine rings is 1. The largest absolute Gasteiger partial charge is 0.385 e. The number of ether oxygens (including phenoxy) is 1. The maximum atomic E-state index is 12.1. The van der Waals surface area contributed by atoms with Crippen molar-refractivity contribution < 1.29 is 9.53 Å². The molecule has 6 nitrogen and oxygen atoms in total. The molecule has 2 heterocycles. The van der Waals surface area contributed by atoms with Gasteiger partial charge in [0, 0.05) is 45.1 Å². The van der Waals surface area contributed by atoms with Crippen LogP contribution in [0.2, 0.25) is 0 Å². The van der Waals surface area contributed by atoms with E-state index in [1.54, 1.807) is 7.11 Å². The maximum Gasteiger partial charge on any atom is 0.320 e. The molecule has 0 radical (unpaired) electrons. The summed E-state index contributed by atoms with van der Waals surface area (Å²) in [5.41, 5.74) is 2.00. The van der Waals surface area contributed by atoms with Crippen LogP contribution in [0.4, 0.5) is 10.6 Å². The Balaban J connectivity index is 1.72. The van der Waals surface area contributed by atoms with Gasteiger partial charge in [-0.15, -0.1) is 0 Å². The van der Waals surface area contributed by atoms with E-state index in [4.69, 9.17) is 4.74 Å². The summed E-state index contributed by atoms with van der Waals surface area (Å²) < 4.78 is 5.08. The lowest BCUT2D eigenvalue weighted by Gasteiger charge is -2.32. The van der Waals surface area contributed by atoms with E-state index in [-0.39, 0.29) is 12.1 Å². The zero-order valence-electron chi connectivity index (χ0n) is 14.4. The molecule has 1 aliphatic rings. The quantitative estimate of drug-likeness (QED) is 0.790. The minimum atomic E-state index is -0.166. The summed E-state index contributed by atoms with van der Waals surface area (Å²) in [5, 5.41) is 5.89. The lowest BCUT2D eigenvalue weighted by atomic mass is 10.1. The number of urea groups is 1. The highest BCUT2D eigenvalue weighted by Crippen LogP contribution is 2.12. The molecule has 1 aromatic rings. The summed E-state index contributed by atoms with van der Waals surface area (Å²) in [6.07, 6.45) is 3.04. The monoisotopic (exact) mass is 320 g/mol. The second-order valence-electron chi connectivity index (χ2n) is 6.23. The first-order chi connectivity index (χ1) is 11.1. The predicted molar refractivity (Wildman–Crippen MR) is 91.8 cm³/mol. The Kier molecular flexibility index (Phi) is 6.80. The van der Waals surface area contributed by atoms with Crippen LogP contribution in [0.5, 0.6) is 0 Å². The van der Waals surface area contributed by atoms with Crippen LogP contribution in [-0.2, 0) is 4.74 Å². The summed E-state index contributed by atoms with van der Waals surface area (Å²) in [4.78, 5) is 18.9. The van der Waals surface area contributed by atoms with Crippen molar-refractivity contribution in [3.05, 3.63) is 23.4 Å². The molecule has 0 saturated carbocycles. The average molecular weight is 320 g/mol. The van der Waals surface area contributed by atoms with Crippen molar-refractivity contribution in [2.45, 2.75) is 39.2 Å². The molecule has 0 aromatic carbocycles. The van der Waals surface area contributed by atoms with E-state index in [1.807, 2.05) is 26.0 Å². The Bertz CT molecular complexity index is 493. The first kappa shape index (κ1) is 17.7. The molecule has 2 amide bonds. The van der Waals surface area contributed by atoms with Gasteiger partial charge in [-0.2, -0.15) is 0 Å². The van der Waals surface area contributed by atoms with Gasteiger partial charge >= 0.3 is 6.03 Å². The molecule has 0 unspecified atom stereocenters. The maximum absolute atomic E-state index is 12.1. The highest BCUT2D eigenvalue weighted by Gasteiger charge is 2.20. The highest BCUT2D eigenvalue weighted by molar-refractivity contribution is 5.88. The van der Waals surface area contributed by atoms with Crippen molar-refractivity contribution in [2.24, 2.45) is 0 Å². The van der Waals surface area contributed by atoms with Gasteiger partial charge in [0.1, 0.15) is 5.82 Å². The third kappa shape index (κ3) is 6.15. The highest BCUT2D eigenvalue weighted by atomic mass is 16.5. The molecule has 23 heavy (non-hydrogen) atoms. The molecule has 1 aliphatic heterocycles. The number of aryl methyl sites for hydroxylation is 2. The summed E-state index contributed by atoms with van der Waals surface area (Å²) in [6.45, 7) is 7.85. The van der Waals surface area contributed by atoms with Crippen LogP contribution in [0.25, 0.3) is 0 Å². The fourth-order valence-corrected chi connectivity index (χ4v) is 2.98. The van der Waals surface area contributed by atoms with Crippen molar-refractivity contribution in [2.75, 3.05) is 38.7 Å². The summed E-state index contributed by atoms with van der Waals surface area (Å²) in [5.74, 6) is 0.608. The minimum Gasteiger partial charge on any atom is -0.385 e. The number of rotatable bonds is 6. The van der Waals surface area contributed by atoms with Crippen LogP contribution in [0.3, 0.4) is 0 Å². The van der Waals surface area contributed by atoms with E-state index in [9.17, 15) is 4.79 Å². The van der Waals surface area contributed by atoms with E-state index in [1.165, 1.54) is 0 Å². The molecular formula is C17H28N4O2. The predicted octanol–water partition coefficient (Wildman–Crippen LogP) is 2.32. The smallest absolute Gasteiger partial charge is 0.320 e. The standard InChI is InChI=1S/C17H28N4O2/c1-13-11-14(2)18-16(12-13)20-17(22)19-15-5-8-21(9-6-15)7-4-10-23-3/h11-12,15H,4-10H2,1-3H3,(H2,18,19,20,22). The van der Waals surface area contributed by atoms with E-state index >= 15 is 0 Å². The Labute approximate surface area is 138 Å². The number of nitrogens with zero attached hydrogens (tertiary/aromatic N) is 2. The van der Waals surface area contributed by atoms with Crippen LogP contribution in [0, 0.1) is 13.8 Å². The molecule has 0 aliphatic carbocycles. The number of aromatic nitrogens is 1. The molecule has 128 valence electrons. The van der Waals surface area contributed by atoms with Gasteiger partial charge in [0.15, 0.2) is 0 Å². The Hall–Kier alpha value is -1.66. The van der Waals surface area contributed by atoms with Gasteiger partial charge in [-0.1, -0.05) is 0 Å². The normalized spacial score (nSPS) is 16.3. The molecular weight excluding hydrogens is 292 g/mol. The van der Waals surface area contributed by atoms with Gasteiger partial charge in [0.05, 0.1) is 0 Å². The fourth-order valence-electron chi connectivity index (χ4n) is 2.98. The van der Waals surface area contributed by atoms with Crippen LogP contribution >= 0.6 is 0 Å². The van der Waals surface area contributed by atoms with Crippen LogP contribution in [0.15, 0.2) is 12.1 Å². The molecule has 2 rings (SSSR count). The number of hydrogen-bond donors (Lipinski definition) is 2. The summed E-state index contributed by atoms with van der Waals surface area (Å²) >= 11 is 0. The van der Waals surface area contributed by atoms with E-state index < -0.39 is 0 Å². The molecule has 1 aromatic heterocycles. The molecule has 6 heteroatoms. The van der Waals surface area contributed by atoms with Crippen molar-refractivity contribution in [3.63, 3.8) is 0 Å². The summed E-state index contributed by atoms with van der Waals surface area (Å²) in [7, 11) is 1.74. The van der Waals surface area contributed by atoms with Crippen molar-refractivity contribution in [1.29, 1.82) is 0 Å². The second-order valence-corrected chi connectivity index (χ2v) is 6.23. The van der Waals surface area contributed by atoms with Crippen LogP contribution in [-0.4, -0.2) is 55.3 Å². The lowest BCUT2D eigenvalue weighted by Crippen LogP contribution is -2.46. The number of anilines is 1. The molecule has 1 saturated heterocycles. The molecule has 1 fully saturated rings. The van der Waals surface area contributed by atoms with Gasteiger partial charge < -0.3 is 15.0 Å². The third-order valence-corrected chi connectivity index (χ3v) is 4.08. The van der Waals surface area contributed by atoms with Crippen LogP contribution < -0.4 is 10.6 Å². The SMILES string of the molecule is COCCCN1CCC(NC(=O)Nc2cc(C)cc(C)n2)CC1. The Morgan fingerprint density at radius 2 is 2.09 bits per heavy atom. The first-order valence-electron chi connectivity index (χ1n) is 8.31. The molecule has 2 N–H and O–H groups in total. The van der Waals surface area contributed by atoms with Crippen molar-refractivity contribution >= 4 is 11.8 Å². The van der Waals surface area contributed by atoms with E-state index in [0.29, 0.717) is 5.82 Å². The topological polar surface area (TPSA) is 66.5 Å². The minimum absolute atomic E-state index is 0.166. The van der Waals surface area contributed by atoms with Crippen molar-refractivity contribution in [1.82, 2.24) is 15.2 Å². The number of carbonyl (C=O) groups excluding carboxylic acids is 1. The fraction of sp³-hybridized carbons (Fsp3) is 0.647. The number of likely N-dealkylation sites (tertiary alicyclic amines) is 1. The van der Waals surface area contributed by atoms with Crippen molar-refractivity contribution in [3.8, 4) is 0 Å². The zero-order chi connectivity index (χ0) is 16.7. The van der Waals surface area contributed by atoms with Gasteiger partial charge in [-0.3, -0.25) is 5.32 Å². The first-order valence-corrected chi connectivity index (χ1v) is 8.31. The number of piperidine rings is 1. The second kappa shape index (κ2) is 8.84. The zero-order valence-corrected chi connectivity index (χ0v) is 14.4. The summed E-state index contributed by atoms with van der Waals surface area (Å²) in [6, 6.07) is 3.94. The van der Waals surface area contributed by atoms with Crippen LogP contribution in [0.1, 0.15) is 30.5 Å². The molecule has 0 atom stereocenters. The Morgan fingerprint density at radius 1 is 1.35 bits per heavy atom. The van der Waals surface area contributed by atoms with E-state index in [2.05, 4.69) is 20.5 Å². The Morgan fingerprint density at radius 3 is 2.74 bits per heavy atom. The van der Waals surface area contributed by atoms with E-state index in [0.717, 1.165) is 56.8 Å². The van der Waals surface area contributed by atoms with Gasteiger partial charge in [-0.05, 0) is 50.8 Å². The number of hydrogen-bond acceptors (Lipinski definition) is 4. The molecule has 0 bridgehead atoms. The number of amides is 2.